The molecule has 1 aliphatic rings. The highest BCUT2D eigenvalue weighted by molar-refractivity contribution is 5.06. The molecule has 0 aromatic rings. The molecule has 12 heavy (non-hydrogen) atoms. The minimum absolute atomic E-state index is 1.02. The van der Waals surface area contributed by atoms with Crippen molar-refractivity contribution in [3.8, 4) is 0 Å². The van der Waals surface area contributed by atoms with Gasteiger partial charge in [-0.2, -0.15) is 0 Å². The van der Waals surface area contributed by atoms with Gasteiger partial charge in [0.25, 0.3) is 0 Å². The van der Waals surface area contributed by atoms with Crippen LogP contribution >= 0.6 is 0 Å². The summed E-state index contributed by atoms with van der Waals surface area (Å²) in [6, 6.07) is 0. The first-order chi connectivity index (χ1) is 6.00. The van der Waals surface area contributed by atoms with Gasteiger partial charge in [0.05, 0.1) is 0 Å². The van der Waals surface area contributed by atoms with E-state index in [-0.39, 0.29) is 0 Å². The van der Waals surface area contributed by atoms with Gasteiger partial charge in [-0.25, -0.2) is 0 Å². The normalized spacial score (nSPS) is 18.7. The molecule has 1 rings (SSSR count). The van der Waals surface area contributed by atoms with Crippen molar-refractivity contribution in [3.05, 3.63) is 48.6 Å². The van der Waals surface area contributed by atoms with E-state index >= 15 is 0 Å². The van der Waals surface area contributed by atoms with Crippen LogP contribution in [0, 0.1) is 6.08 Å². The molecule has 0 N–H and O–H groups in total. The maximum atomic E-state index is 3.22. The number of hydrogen-bond donors (Lipinski definition) is 0. The van der Waals surface area contributed by atoms with Crippen molar-refractivity contribution in [1.82, 2.24) is 0 Å². The second kappa shape index (κ2) is 6.66. The predicted molar refractivity (Wildman–Crippen MR) is 53.7 cm³/mol. The van der Waals surface area contributed by atoms with Crippen LogP contribution < -0.4 is 0 Å². The van der Waals surface area contributed by atoms with Gasteiger partial charge in [0.2, 0.25) is 0 Å². The Labute approximate surface area is 75.0 Å². The highest BCUT2D eigenvalue weighted by Crippen LogP contribution is 1.98. The zero-order valence-corrected chi connectivity index (χ0v) is 7.37. The molecule has 0 heteroatoms. The molecule has 0 nitrogen and oxygen atoms in total. The van der Waals surface area contributed by atoms with Crippen LogP contribution in [0.25, 0.3) is 0 Å². The van der Waals surface area contributed by atoms with E-state index in [4.69, 9.17) is 0 Å². The molecule has 0 heterocycles. The molecule has 0 aliphatic heterocycles. The minimum atomic E-state index is 1.02. The Balaban J connectivity index is 2.40. The molecule has 0 aromatic heterocycles. The Morgan fingerprint density at radius 2 is 1.42 bits per heavy atom. The smallest absolute Gasteiger partial charge is 0.0241 e. The van der Waals surface area contributed by atoms with Crippen molar-refractivity contribution in [2.45, 2.75) is 25.7 Å². The summed E-state index contributed by atoms with van der Waals surface area (Å²) in [6.07, 6.45) is 22.5. The zero-order valence-electron chi connectivity index (χ0n) is 7.37. The van der Waals surface area contributed by atoms with E-state index in [2.05, 4.69) is 42.5 Å². The summed E-state index contributed by atoms with van der Waals surface area (Å²) >= 11 is 0. The third kappa shape index (κ3) is 4.73. The third-order valence-electron chi connectivity index (χ3n) is 1.69. The second-order valence-corrected chi connectivity index (χ2v) is 2.77. The summed E-state index contributed by atoms with van der Waals surface area (Å²) in [5, 5.41) is 0. The molecule has 1 aliphatic carbocycles. The lowest BCUT2D eigenvalue weighted by Gasteiger charge is -1.87. The number of hydrogen-bond acceptors (Lipinski definition) is 0. The SMILES string of the molecule is [C]1=CC=CCCC=CC=CCC1. The van der Waals surface area contributed by atoms with Gasteiger partial charge in [-0.15, -0.1) is 0 Å². The van der Waals surface area contributed by atoms with Crippen LogP contribution in [0.4, 0.5) is 0 Å². The van der Waals surface area contributed by atoms with Gasteiger partial charge in [0, 0.05) is 0 Å². The molecule has 1 radical (unpaired) electrons. The van der Waals surface area contributed by atoms with Gasteiger partial charge < -0.3 is 0 Å². The van der Waals surface area contributed by atoms with Crippen LogP contribution in [0.3, 0.4) is 0 Å². The van der Waals surface area contributed by atoms with Crippen LogP contribution in [-0.4, -0.2) is 0 Å². The van der Waals surface area contributed by atoms with Gasteiger partial charge in [-0.1, -0.05) is 42.5 Å². The van der Waals surface area contributed by atoms with Crippen molar-refractivity contribution in [2.75, 3.05) is 0 Å². The quantitative estimate of drug-likeness (QED) is 0.506. The Morgan fingerprint density at radius 3 is 2.25 bits per heavy atom. The molecule has 0 fully saturated rings. The standard InChI is InChI=1S/C12H15/c1-2-4-6-8-10-12-11-9-7-5-3-1/h1-4,9,11-12H,5-8H2. The predicted octanol–water partition coefficient (Wildman–Crippen LogP) is 3.59. The Hall–Kier alpha value is -1.04. The van der Waals surface area contributed by atoms with Crippen molar-refractivity contribution < 1.29 is 0 Å². The highest BCUT2D eigenvalue weighted by atomic mass is 13.8. The van der Waals surface area contributed by atoms with Crippen LogP contribution in [0.2, 0.25) is 0 Å². The number of rotatable bonds is 0. The maximum absolute atomic E-state index is 3.22. The van der Waals surface area contributed by atoms with Crippen LogP contribution in [0.15, 0.2) is 42.5 Å². The average Bonchev–Trinajstić information content (AvgIpc) is 2.05. The molecule has 0 aromatic carbocycles. The molecule has 0 saturated carbocycles. The molecule has 0 spiro atoms. The van der Waals surface area contributed by atoms with E-state index < -0.39 is 0 Å². The molecule has 0 atom stereocenters. The molecule has 0 amide bonds. The zero-order chi connectivity index (χ0) is 8.49. The summed E-state index contributed by atoms with van der Waals surface area (Å²) < 4.78 is 0. The number of allylic oxidation sites excluding steroid dienone is 8. The Bertz CT molecular complexity index is 156. The lowest BCUT2D eigenvalue weighted by Crippen LogP contribution is -1.68. The summed E-state index contributed by atoms with van der Waals surface area (Å²) in [5.41, 5.74) is 0. The van der Waals surface area contributed by atoms with E-state index in [0.29, 0.717) is 0 Å². The van der Waals surface area contributed by atoms with Gasteiger partial charge in [0.1, 0.15) is 0 Å². The van der Waals surface area contributed by atoms with Crippen LogP contribution in [0.1, 0.15) is 25.7 Å². The first-order valence-electron chi connectivity index (χ1n) is 4.53. The van der Waals surface area contributed by atoms with Gasteiger partial charge in [-0.05, 0) is 31.8 Å². The van der Waals surface area contributed by atoms with E-state index in [0.717, 1.165) is 25.7 Å². The Kier molecular flexibility index (Phi) is 5.02. The summed E-state index contributed by atoms with van der Waals surface area (Å²) in [5.74, 6) is 0. The molecule has 0 saturated heterocycles. The minimum Gasteiger partial charge on any atom is -0.0842 e. The fourth-order valence-electron chi connectivity index (χ4n) is 1.02. The highest BCUT2D eigenvalue weighted by Gasteiger charge is 1.78. The fourth-order valence-corrected chi connectivity index (χ4v) is 1.02. The van der Waals surface area contributed by atoms with Crippen molar-refractivity contribution in [3.63, 3.8) is 0 Å². The first kappa shape index (κ1) is 9.05. The second-order valence-electron chi connectivity index (χ2n) is 2.77. The van der Waals surface area contributed by atoms with Crippen molar-refractivity contribution in [2.24, 2.45) is 0 Å². The monoisotopic (exact) mass is 159 g/mol. The van der Waals surface area contributed by atoms with Crippen molar-refractivity contribution >= 4 is 0 Å². The van der Waals surface area contributed by atoms with Crippen molar-refractivity contribution in [1.29, 1.82) is 0 Å². The van der Waals surface area contributed by atoms with E-state index in [9.17, 15) is 0 Å². The molecule has 0 bridgehead atoms. The topological polar surface area (TPSA) is 0 Å². The average molecular weight is 159 g/mol. The Morgan fingerprint density at radius 1 is 0.750 bits per heavy atom. The van der Waals surface area contributed by atoms with Gasteiger partial charge in [-0.3, -0.25) is 0 Å². The van der Waals surface area contributed by atoms with E-state index in [1.54, 1.807) is 0 Å². The van der Waals surface area contributed by atoms with Gasteiger partial charge >= 0.3 is 0 Å². The largest absolute Gasteiger partial charge is 0.0842 e. The third-order valence-corrected chi connectivity index (χ3v) is 1.69. The van der Waals surface area contributed by atoms with Crippen LogP contribution in [-0.2, 0) is 0 Å². The first-order valence-corrected chi connectivity index (χ1v) is 4.53. The maximum Gasteiger partial charge on any atom is -0.0241 e. The lowest BCUT2D eigenvalue weighted by molar-refractivity contribution is 1.02. The summed E-state index contributed by atoms with van der Waals surface area (Å²) in [7, 11) is 0. The van der Waals surface area contributed by atoms with Gasteiger partial charge in [0.15, 0.2) is 0 Å². The fraction of sp³-hybridized carbons (Fsp3) is 0.333. The molecular formula is C12H15. The molecule has 0 unspecified atom stereocenters. The van der Waals surface area contributed by atoms with Crippen LogP contribution in [0.5, 0.6) is 0 Å². The summed E-state index contributed by atoms with van der Waals surface area (Å²) in [4.78, 5) is 0. The van der Waals surface area contributed by atoms with E-state index in [1.807, 2.05) is 6.08 Å². The lowest BCUT2D eigenvalue weighted by atomic mass is 10.2. The summed E-state index contributed by atoms with van der Waals surface area (Å²) in [6.45, 7) is 0. The van der Waals surface area contributed by atoms with E-state index in [1.165, 1.54) is 0 Å². The molecular weight excluding hydrogens is 144 g/mol. The molecule has 63 valence electrons.